The molecule has 226 valence electrons. The van der Waals surface area contributed by atoms with E-state index in [2.05, 4.69) is 150 Å². The van der Waals surface area contributed by atoms with Crippen LogP contribution in [0.1, 0.15) is 77.6 Å². The SMILES string of the molecule is CC(C)(C)c1ccc2c(c1)C(C)(C)c1cc(C(C)(C)C)ccc1N2c1ccc(-c2nc3cccnc3n2-c2ccccc2)cc1. The van der Waals surface area contributed by atoms with Crippen molar-refractivity contribution in [1.29, 1.82) is 0 Å². The van der Waals surface area contributed by atoms with Gasteiger partial charge in [-0.1, -0.05) is 97.9 Å². The summed E-state index contributed by atoms with van der Waals surface area (Å²) in [5.74, 6) is 0.881. The van der Waals surface area contributed by atoms with E-state index in [0.29, 0.717) is 0 Å². The summed E-state index contributed by atoms with van der Waals surface area (Å²) in [4.78, 5) is 12.2. The monoisotopic (exact) mass is 590 g/mol. The van der Waals surface area contributed by atoms with E-state index in [-0.39, 0.29) is 16.2 Å². The van der Waals surface area contributed by atoms with Gasteiger partial charge in [-0.15, -0.1) is 0 Å². The van der Waals surface area contributed by atoms with Crippen LogP contribution in [0.5, 0.6) is 0 Å². The van der Waals surface area contributed by atoms with Crippen LogP contribution in [0.3, 0.4) is 0 Å². The molecule has 1 aliphatic rings. The zero-order valence-corrected chi connectivity index (χ0v) is 27.7. The van der Waals surface area contributed by atoms with E-state index in [0.717, 1.165) is 33.9 Å². The lowest BCUT2D eigenvalue weighted by molar-refractivity contribution is 0.573. The summed E-state index contributed by atoms with van der Waals surface area (Å²) in [7, 11) is 0. The highest BCUT2D eigenvalue weighted by molar-refractivity contribution is 5.87. The minimum absolute atomic E-state index is 0.0597. The maximum atomic E-state index is 5.04. The molecule has 2 aromatic heterocycles. The highest BCUT2D eigenvalue weighted by atomic mass is 15.2. The Kier molecular flexibility index (Phi) is 6.56. The third kappa shape index (κ3) is 4.84. The largest absolute Gasteiger partial charge is 0.310 e. The molecule has 0 atom stereocenters. The molecular weight excluding hydrogens is 548 g/mol. The van der Waals surface area contributed by atoms with Crippen molar-refractivity contribution in [1.82, 2.24) is 14.5 Å². The van der Waals surface area contributed by atoms with E-state index in [1.807, 2.05) is 24.4 Å². The number of hydrogen-bond acceptors (Lipinski definition) is 3. The van der Waals surface area contributed by atoms with Gasteiger partial charge >= 0.3 is 0 Å². The lowest BCUT2D eigenvalue weighted by Gasteiger charge is -2.43. The number of hydrogen-bond donors (Lipinski definition) is 0. The smallest absolute Gasteiger partial charge is 0.164 e. The van der Waals surface area contributed by atoms with Gasteiger partial charge in [-0.25, -0.2) is 9.97 Å². The van der Waals surface area contributed by atoms with E-state index in [9.17, 15) is 0 Å². The topological polar surface area (TPSA) is 34.0 Å². The average molecular weight is 591 g/mol. The van der Waals surface area contributed by atoms with Gasteiger partial charge in [0.25, 0.3) is 0 Å². The Morgan fingerprint density at radius 2 is 1.18 bits per heavy atom. The van der Waals surface area contributed by atoms with Crippen molar-refractivity contribution in [2.75, 3.05) is 4.90 Å². The summed E-state index contributed by atoms with van der Waals surface area (Å²) in [5, 5.41) is 0. The number of aromatic nitrogens is 3. The first-order chi connectivity index (χ1) is 21.3. The second-order valence-corrected chi connectivity index (χ2v) is 14.9. The molecular formula is C41H42N4. The van der Waals surface area contributed by atoms with E-state index in [1.54, 1.807) is 0 Å². The summed E-state index contributed by atoms with van der Waals surface area (Å²) in [5.41, 5.74) is 12.8. The van der Waals surface area contributed by atoms with Gasteiger partial charge in [0, 0.05) is 28.6 Å². The van der Waals surface area contributed by atoms with Gasteiger partial charge in [-0.2, -0.15) is 0 Å². The second-order valence-electron chi connectivity index (χ2n) is 14.9. The number of anilines is 3. The predicted molar refractivity (Wildman–Crippen MR) is 189 cm³/mol. The fraction of sp³-hybridized carbons (Fsp3) is 0.268. The van der Waals surface area contributed by atoms with Crippen LogP contribution in [0, 0.1) is 0 Å². The number of rotatable bonds is 3. The van der Waals surface area contributed by atoms with Gasteiger partial charge in [0.05, 0.1) is 11.4 Å². The number of fused-ring (bicyclic) bond motifs is 3. The summed E-state index contributed by atoms with van der Waals surface area (Å²) in [6, 6.07) is 37.3. The van der Waals surface area contributed by atoms with Crippen LogP contribution in [-0.2, 0) is 16.2 Å². The first-order valence-electron chi connectivity index (χ1n) is 15.9. The summed E-state index contributed by atoms with van der Waals surface area (Å²) in [6.45, 7) is 18.5. The molecule has 0 saturated heterocycles. The molecule has 0 spiro atoms. The molecule has 0 saturated carbocycles. The minimum atomic E-state index is -0.156. The molecule has 0 amide bonds. The van der Waals surface area contributed by atoms with Gasteiger partial charge in [0.2, 0.25) is 0 Å². The maximum Gasteiger partial charge on any atom is 0.164 e. The first kappa shape index (κ1) is 29.0. The summed E-state index contributed by atoms with van der Waals surface area (Å²) >= 11 is 0. The molecule has 0 bridgehead atoms. The second kappa shape index (κ2) is 10.2. The molecule has 4 nitrogen and oxygen atoms in total. The van der Waals surface area contributed by atoms with E-state index >= 15 is 0 Å². The van der Waals surface area contributed by atoms with Crippen molar-refractivity contribution >= 4 is 28.2 Å². The van der Waals surface area contributed by atoms with Crippen LogP contribution in [0.15, 0.2) is 109 Å². The van der Waals surface area contributed by atoms with Gasteiger partial charge in [-0.3, -0.25) is 4.57 Å². The van der Waals surface area contributed by atoms with Crippen molar-refractivity contribution in [3.05, 3.63) is 132 Å². The van der Waals surface area contributed by atoms with Crippen LogP contribution < -0.4 is 4.90 Å². The Morgan fingerprint density at radius 3 is 1.73 bits per heavy atom. The molecule has 45 heavy (non-hydrogen) atoms. The fourth-order valence-electron chi connectivity index (χ4n) is 6.64. The maximum absolute atomic E-state index is 5.04. The van der Waals surface area contributed by atoms with E-state index in [1.165, 1.54) is 33.6 Å². The first-order valence-corrected chi connectivity index (χ1v) is 15.9. The van der Waals surface area contributed by atoms with E-state index in [4.69, 9.17) is 9.97 Å². The highest BCUT2D eigenvalue weighted by Gasteiger charge is 2.38. The molecule has 7 rings (SSSR count). The van der Waals surface area contributed by atoms with E-state index < -0.39 is 0 Å². The molecule has 0 aliphatic carbocycles. The number of nitrogens with zero attached hydrogens (tertiary/aromatic N) is 4. The van der Waals surface area contributed by atoms with Gasteiger partial charge in [-0.05, 0) is 93.7 Å². The molecule has 0 radical (unpaired) electrons. The molecule has 0 unspecified atom stereocenters. The third-order valence-corrected chi connectivity index (χ3v) is 9.37. The van der Waals surface area contributed by atoms with Gasteiger partial charge < -0.3 is 4.90 Å². The number of pyridine rings is 1. The number of para-hydroxylation sites is 1. The third-order valence-electron chi connectivity index (χ3n) is 9.37. The lowest BCUT2D eigenvalue weighted by Crippen LogP contribution is -2.32. The standard InChI is InChI=1S/C41H42N4/c1-39(2,3)28-18-22-35-32(25-28)41(7,8)33-26-29(40(4,5)6)19-23-36(33)44(35)31-20-16-27(17-21-31)37-43-34-15-12-24-42-38(34)45(37)30-13-10-9-11-14-30/h9-26H,1-8H3. The lowest BCUT2D eigenvalue weighted by atomic mass is 9.70. The van der Waals surface area contributed by atoms with Crippen LogP contribution in [0.4, 0.5) is 17.1 Å². The Bertz CT molecular complexity index is 1970. The Balaban J connectivity index is 1.40. The van der Waals surface area contributed by atoms with Crippen molar-refractivity contribution < 1.29 is 0 Å². The van der Waals surface area contributed by atoms with Crippen LogP contribution in [0.25, 0.3) is 28.2 Å². The van der Waals surface area contributed by atoms with Crippen molar-refractivity contribution in [3.8, 4) is 17.1 Å². The molecule has 6 aromatic rings. The summed E-state index contributed by atoms with van der Waals surface area (Å²) < 4.78 is 2.15. The quantitative estimate of drug-likeness (QED) is 0.206. The number of benzene rings is 4. The predicted octanol–water partition coefficient (Wildman–Crippen LogP) is 10.8. The minimum Gasteiger partial charge on any atom is -0.310 e. The van der Waals surface area contributed by atoms with Gasteiger partial charge in [0.15, 0.2) is 5.65 Å². The molecule has 4 heteroatoms. The van der Waals surface area contributed by atoms with Crippen LogP contribution >= 0.6 is 0 Å². The molecule has 4 aromatic carbocycles. The van der Waals surface area contributed by atoms with Crippen molar-refractivity contribution in [2.24, 2.45) is 0 Å². The van der Waals surface area contributed by atoms with Crippen LogP contribution in [-0.4, -0.2) is 14.5 Å². The van der Waals surface area contributed by atoms with Crippen LogP contribution in [0.2, 0.25) is 0 Å². The Labute approximate surface area is 267 Å². The Morgan fingerprint density at radius 1 is 0.600 bits per heavy atom. The van der Waals surface area contributed by atoms with Crippen molar-refractivity contribution in [2.45, 2.75) is 71.6 Å². The van der Waals surface area contributed by atoms with Crippen molar-refractivity contribution in [3.63, 3.8) is 0 Å². The number of imidazole rings is 1. The summed E-state index contributed by atoms with van der Waals surface area (Å²) in [6.07, 6.45) is 1.83. The highest BCUT2D eigenvalue weighted by Crippen LogP contribution is 2.53. The molecule has 1 aliphatic heterocycles. The molecule has 3 heterocycles. The fourth-order valence-corrected chi connectivity index (χ4v) is 6.64. The molecule has 0 N–H and O–H groups in total. The Hall–Kier alpha value is -4.70. The average Bonchev–Trinajstić information content (AvgIpc) is 3.40. The normalized spacial score (nSPS) is 14.4. The zero-order valence-electron chi connectivity index (χ0n) is 27.7. The molecule has 0 fully saturated rings. The zero-order chi connectivity index (χ0) is 31.7. The van der Waals surface area contributed by atoms with Gasteiger partial charge in [0.1, 0.15) is 11.3 Å².